The van der Waals surface area contributed by atoms with Crippen molar-refractivity contribution in [1.82, 2.24) is 0 Å². The Morgan fingerprint density at radius 2 is 2.00 bits per heavy atom. The summed E-state index contributed by atoms with van der Waals surface area (Å²) in [6, 6.07) is 15.3. The number of carbonyl (C=O) groups is 1. The molecule has 3 aromatic rings. The number of hydrogen-bond donors (Lipinski definition) is 0. The third-order valence-corrected chi connectivity index (χ3v) is 5.87. The molecule has 0 aliphatic rings. The summed E-state index contributed by atoms with van der Waals surface area (Å²) >= 11 is 9.17. The summed E-state index contributed by atoms with van der Waals surface area (Å²) in [5.41, 5.74) is 1.11. The molecular formula is C18H15ClO2S2. The van der Waals surface area contributed by atoms with Gasteiger partial charge in [0.2, 0.25) is 0 Å². The van der Waals surface area contributed by atoms with Crippen molar-refractivity contribution in [1.29, 1.82) is 0 Å². The molecule has 0 bridgehead atoms. The molecule has 1 atom stereocenters. The molecule has 0 amide bonds. The Bertz CT molecular complexity index is 734. The van der Waals surface area contributed by atoms with Crippen LogP contribution in [0.4, 0.5) is 0 Å². The molecule has 0 N–H and O–H groups in total. The van der Waals surface area contributed by atoms with Crippen molar-refractivity contribution in [2.75, 3.05) is 0 Å². The molecule has 0 aliphatic carbocycles. The lowest BCUT2D eigenvalue weighted by atomic mass is 10.1. The zero-order chi connectivity index (χ0) is 16.1. The van der Waals surface area contributed by atoms with E-state index in [2.05, 4.69) is 0 Å². The summed E-state index contributed by atoms with van der Waals surface area (Å²) in [5, 5.41) is 2.71. The van der Waals surface area contributed by atoms with Crippen molar-refractivity contribution < 1.29 is 9.21 Å². The Hall–Kier alpha value is -1.49. The normalized spacial score (nSPS) is 12.2. The van der Waals surface area contributed by atoms with Gasteiger partial charge in [-0.2, -0.15) is 0 Å². The first-order valence-corrected chi connectivity index (χ1v) is 9.49. The van der Waals surface area contributed by atoms with Gasteiger partial charge >= 0.3 is 0 Å². The number of benzene rings is 1. The van der Waals surface area contributed by atoms with Gasteiger partial charge in [0, 0.05) is 16.7 Å². The molecule has 0 saturated heterocycles. The minimum Gasteiger partial charge on any atom is -0.468 e. The van der Waals surface area contributed by atoms with Crippen LogP contribution in [0.5, 0.6) is 0 Å². The lowest BCUT2D eigenvalue weighted by Gasteiger charge is -2.16. The lowest BCUT2D eigenvalue weighted by molar-refractivity contribution is 0.0986. The van der Waals surface area contributed by atoms with E-state index in [1.807, 2.05) is 53.9 Å². The second-order valence-corrected chi connectivity index (χ2v) is 7.61. The molecule has 2 nitrogen and oxygen atoms in total. The fourth-order valence-corrected chi connectivity index (χ4v) is 4.18. The number of thioether (sulfide) groups is 1. The maximum atomic E-state index is 12.5. The molecule has 0 saturated carbocycles. The Morgan fingerprint density at radius 3 is 2.65 bits per heavy atom. The first kappa shape index (κ1) is 16.4. The van der Waals surface area contributed by atoms with Crippen molar-refractivity contribution in [3.05, 3.63) is 81.4 Å². The SMILES string of the molecule is O=C(CC(SCc1ccco1)c1ccc(Cl)cc1)c1cccs1. The van der Waals surface area contributed by atoms with Crippen LogP contribution in [0.3, 0.4) is 0 Å². The van der Waals surface area contributed by atoms with Gasteiger partial charge in [-0.25, -0.2) is 0 Å². The van der Waals surface area contributed by atoms with E-state index >= 15 is 0 Å². The fraction of sp³-hybridized carbons (Fsp3) is 0.167. The molecule has 1 aromatic carbocycles. The van der Waals surface area contributed by atoms with Gasteiger partial charge in [-0.15, -0.1) is 23.1 Å². The number of carbonyl (C=O) groups excluding carboxylic acids is 1. The number of ketones is 1. The second-order valence-electron chi connectivity index (χ2n) is 5.04. The third-order valence-electron chi connectivity index (χ3n) is 3.42. The monoisotopic (exact) mass is 362 g/mol. The maximum absolute atomic E-state index is 12.5. The van der Waals surface area contributed by atoms with Gasteiger partial charge in [0.25, 0.3) is 0 Å². The molecule has 2 aromatic heterocycles. The average Bonchev–Trinajstić information content (AvgIpc) is 3.25. The van der Waals surface area contributed by atoms with E-state index in [1.54, 1.807) is 18.0 Å². The number of thiophene rings is 1. The summed E-state index contributed by atoms with van der Waals surface area (Å²) in [7, 11) is 0. The quantitative estimate of drug-likeness (QED) is 0.466. The Balaban J connectivity index is 1.74. The highest BCUT2D eigenvalue weighted by Gasteiger charge is 2.19. The number of Topliss-reactive ketones (excluding diaryl/α,β-unsaturated/α-hetero) is 1. The van der Waals surface area contributed by atoms with E-state index in [9.17, 15) is 4.79 Å². The average molecular weight is 363 g/mol. The number of rotatable bonds is 7. The van der Waals surface area contributed by atoms with Gasteiger partial charge < -0.3 is 4.42 Å². The van der Waals surface area contributed by atoms with Crippen molar-refractivity contribution >= 4 is 40.5 Å². The van der Waals surface area contributed by atoms with Crippen molar-refractivity contribution in [2.24, 2.45) is 0 Å². The summed E-state index contributed by atoms with van der Waals surface area (Å²) in [6.07, 6.45) is 2.14. The molecule has 2 heterocycles. The molecule has 5 heteroatoms. The van der Waals surface area contributed by atoms with Gasteiger partial charge in [0.1, 0.15) is 5.76 Å². The van der Waals surface area contributed by atoms with E-state index in [4.69, 9.17) is 16.0 Å². The van der Waals surface area contributed by atoms with Crippen LogP contribution in [0.2, 0.25) is 5.02 Å². The molecule has 0 fully saturated rings. The molecule has 118 valence electrons. The third kappa shape index (κ3) is 4.50. The smallest absolute Gasteiger partial charge is 0.174 e. The number of halogens is 1. The van der Waals surface area contributed by atoms with Gasteiger partial charge in [0.05, 0.1) is 16.9 Å². The zero-order valence-corrected chi connectivity index (χ0v) is 14.7. The summed E-state index contributed by atoms with van der Waals surface area (Å²) in [6.45, 7) is 0. The zero-order valence-electron chi connectivity index (χ0n) is 12.3. The predicted octanol–water partition coefficient (Wildman–Crippen LogP) is 6.24. The van der Waals surface area contributed by atoms with Crippen LogP contribution in [0, 0.1) is 0 Å². The van der Waals surface area contributed by atoms with Crippen LogP contribution in [-0.4, -0.2) is 5.78 Å². The Morgan fingerprint density at radius 1 is 1.17 bits per heavy atom. The molecule has 1 unspecified atom stereocenters. The van der Waals surface area contributed by atoms with Crippen LogP contribution in [0.25, 0.3) is 0 Å². The summed E-state index contributed by atoms with van der Waals surface area (Å²) in [5.74, 6) is 1.82. The van der Waals surface area contributed by atoms with E-state index < -0.39 is 0 Å². The second kappa shape index (κ2) is 7.86. The largest absolute Gasteiger partial charge is 0.468 e. The standard InChI is InChI=1S/C18H15ClO2S2/c19-14-7-5-13(6-8-14)18(23-12-15-3-1-9-21-15)11-16(20)17-4-2-10-22-17/h1-10,18H,11-12H2. The van der Waals surface area contributed by atoms with Gasteiger partial charge in [0.15, 0.2) is 5.78 Å². The van der Waals surface area contributed by atoms with Crippen molar-refractivity contribution in [2.45, 2.75) is 17.4 Å². The van der Waals surface area contributed by atoms with Crippen LogP contribution in [-0.2, 0) is 5.75 Å². The van der Waals surface area contributed by atoms with E-state index in [-0.39, 0.29) is 11.0 Å². The highest BCUT2D eigenvalue weighted by atomic mass is 35.5. The highest BCUT2D eigenvalue weighted by Crippen LogP contribution is 2.36. The first-order chi connectivity index (χ1) is 11.2. The molecule has 23 heavy (non-hydrogen) atoms. The summed E-state index contributed by atoms with van der Waals surface area (Å²) < 4.78 is 5.39. The number of hydrogen-bond acceptors (Lipinski definition) is 4. The van der Waals surface area contributed by atoms with Crippen molar-refractivity contribution in [3.63, 3.8) is 0 Å². The van der Waals surface area contributed by atoms with Gasteiger partial charge in [-0.1, -0.05) is 29.8 Å². The van der Waals surface area contributed by atoms with Crippen LogP contribution in [0.1, 0.15) is 32.7 Å². The number of furan rings is 1. The van der Waals surface area contributed by atoms with E-state index in [0.717, 1.165) is 22.0 Å². The van der Waals surface area contributed by atoms with Crippen LogP contribution in [0.15, 0.2) is 64.6 Å². The first-order valence-electron chi connectivity index (χ1n) is 7.18. The molecule has 0 aliphatic heterocycles. The predicted molar refractivity (Wildman–Crippen MR) is 97.5 cm³/mol. The van der Waals surface area contributed by atoms with E-state index in [1.165, 1.54) is 11.3 Å². The van der Waals surface area contributed by atoms with Gasteiger partial charge in [-0.3, -0.25) is 4.79 Å². The molecule has 0 radical (unpaired) electrons. The van der Waals surface area contributed by atoms with E-state index in [0.29, 0.717) is 11.4 Å². The van der Waals surface area contributed by atoms with Crippen LogP contribution >= 0.6 is 34.7 Å². The fourth-order valence-electron chi connectivity index (χ4n) is 2.23. The molecule has 0 spiro atoms. The van der Waals surface area contributed by atoms with Gasteiger partial charge in [-0.05, 0) is 41.3 Å². The minimum absolute atomic E-state index is 0.0759. The maximum Gasteiger partial charge on any atom is 0.174 e. The summed E-state index contributed by atoms with van der Waals surface area (Å²) in [4.78, 5) is 13.3. The molecule has 3 rings (SSSR count). The lowest BCUT2D eigenvalue weighted by Crippen LogP contribution is -2.04. The minimum atomic E-state index is 0.0759. The highest BCUT2D eigenvalue weighted by molar-refractivity contribution is 7.98. The molecular weight excluding hydrogens is 348 g/mol. The van der Waals surface area contributed by atoms with Crippen molar-refractivity contribution in [3.8, 4) is 0 Å². The van der Waals surface area contributed by atoms with Crippen LogP contribution < -0.4 is 0 Å². The Labute approximate surface area is 148 Å². The Kier molecular flexibility index (Phi) is 5.60. The topological polar surface area (TPSA) is 30.2 Å².